The van der Waals surface area contributed by atoms with Crippen molar-refractivity contribution >= 4 is 38.7 Å². The average molecular weight is 357 g/mol. The molecule has 0 aliphatic carbocycles. The lowest BCUT2D eigenvalue weighted by Gasteiger charge is -2.42. The smallest absolute Gasteiger partial charge is 0.266 e. The Bertz CT molecular complexity index is 743. The number of likely N-dealkylation sites (N-methyl/N-ethyl adjacent to an activating group) is 1. The molecule has 3 heterocycles. The van der Waals surface area contributed by atoms with Gasteiger partial charge in [0, 0.05) is 26.1 Å². The number of hydrogen-bond donors (Lipinski definition) is 1. The van der Waals surface area contributed by atoms with Gasteiger partial charge in [0.25, 0.3) is 5.91 Å². The molecule has 0 saturated carbocycles. The van der Waals surface area contributed by atoms with E-state index in [0.29, 0.717) is 23.7 Å². The van der Waals surface area contributed by atoms with E-state index in [1.807, 2.05) is 11.9 Å². The number of carbonyl (C=O) groups excluding carboxylic acids is 2. The third-order valence-electron chi connectivity index (χ3n) is 4.38. The van der Waals surface area contributed by atoms with Crippen LogP contribution >= 0.6 is 11.3 Å². The van der Waals surface area contributed by atoms with Crippen LogP contribution in [0.1, 0.15) is 16.6 Å². The molecule has 2 fully saturated rings. The van der Waals surface area contributed by atoms with E-state index in [-0.39, 0.29) is 35.4 Å². The molecule has 2 atom stereocenters. The summed E-state index contributed by atoms with van der Waals surface area (Å²) in [6, 6.07) is 1.22. The molecule has 0 bridgehead atoms. The molecule has 0 unspecified atom stereocenters. The molecule has 2 aliphatic heterocycles. The van der Waals surface area contributed by atoms with E-state index in [4.69, 9.17) is 0 Å². The van der Waals surface area contributed by atoms with E-state index >= 15 is 0 Å². The second kappa shape index (κ2) is 5.88. The Morgan fingerprint density at radius 2 is 1.96 bits per heavy atom. The first-order valence-corrected chi connectivity index (χ1v) is 10.1. The molecule has 23 heavy (non-hydrogen) atoms. The highest BCUT2D eigenvalue weighted by molar-refractivity contribution is 7.91. The van der Waals surface area contributed by atoms with Gasteiger partial charge in [-0.1, -0.05) is 0 Å². The molecular formula is C14H19N3O4S2. The maximum absolute atomic E-state index is 12.9. The molecule has 7 nitrogen and oxygen atoms in total. The van der Waals surface area contributed by atoms with Crippen LogP contribution in [0.25, 0.3) is 0 Å². The summed E-state index contributed by atoms with van der Waals surface area (Å²) in [6.07, 6.45) is 0. The summed E-state index contributed by atoms with van der Waals surface area (Å²) in [7, 11) is -1.23. The fourth-order valence-corrected chi connectivity index (χ4v) is 6.13. The zero-order valence-electron chi connectivity index (χ0n) is 13.0. The maximum Gasteiger partial charge on any atom is 0.266 e. The lowest BCUT2D eigenvalue weighted by Crippen LogP contribution is -2.59. The second-order valence-corrected chi connectivity index (χ2v) is 9.11. The van der Waals surface area contributed by atoms with Crippen LogP contribution in [-0.4, -0.2) is 73.8 Å². The van der Waals surface area contributed by atoms with E-state index in [9.17, 15) is 18.0 Å². The van der Waals surface area contributed by atoms with Gasteiger partial charge in [-0.3, -0.25) is 14.5 Å². The molecule has 3 rings (SSSR count). The molecule has 0 aromatic carbocycles. The first-order chi connectivity index (χ1) is 10.8. The van der Waals surface area contributed by atoms with Crippen molar-refractivity contribution in [1.29, 1.82) is 0 Å². The normalized spacial score (nSPS) is 26.8. The number of thiophene rings is 1. The largest absolute Gasteiger partial charge is 0.331 e. The standard InChI is InChI=1S/C14H19N3O4S2/c1-9(18)15-10-3-6-22-13(10)14(19)17-5-4-16(2)11-7-23(20,21)8-12(11)17/h3,6,11-12H,4-5,7-8H2,1-2H3,(H,15,18)/t11-,12+/m1/s1. The highest BCUT2D eigenvalue weighted by atomic mass is 32.2. The molecule has 1 aromatic rings. The first-order valence-electron chi connectivity index (χ1n) is 7.35. The van der Waals surface area contributed by atoms with Gasteiger partial charge in [-0.05, 0) is 18.5 Å². The van der Waals surface area contributed by atoms with Crippen LogP contribution < -0.4 is 5.32 Å². The van der Waals surface area contributed by atoms with Gasteiger partial charge in [0.2, 0.25) is 5.91 Å². The molecule has 9 heteroatoms. The minimum atomic E-state index is -3.13. The van der Waals surface area contributed by atoms with Gasteiger partial charge < -0.3 is 10.2 Å². The fraction of sp³-hybridized carbons (Fsp3) is 0.571. The SMILES string of the molecule is CC(=O)Nc1ccsc1C(=O)N1CCN(C)[C@@H]2CS(=O)(=O)C[C@@H]21. The minimum Gasteiger partial charge on any atom is -0.331 e. The molecule has 1 N–H and O–H groups in total. The van der Waals surface area contributed by atoms with E-state index in [1.165, 1.54) is 18.3 Å². The Balaban J connectivity index is 1.88. The lowest BCUT2D eigenvalue weighted by molar-refractivity contribution is -0.114. The van der Waals surface area contributed by atoms with Crippen molar-refractivity contribution in [3.63, 3.8) is 0 Å². The van der Waals surface area contributed by atoms with Crippen molar-refractivity contribution in [3.05, 3.63) is 16.3 Å². The third kappa shape index (κ3) is 3.13. The molecule has 1 aromatic heterocycles. The fourth-order valence-electron chi connectivity index (χ4n) is 3.27. The Morgan fingerprint density at radius 3 is 2.65 bits per heavy atom. The number of anilines is 1. The summed E-state index contributed by atoms with van der Waals surface area (Å²) < 4.78 is 24.0. The highest BCUT2D eigenvalue weighted by Gasteiger charge is 2.47. The summed E-state index contributed by atoms with van der Waals surface area (Å²) in [4.78, 5) is 28.3. The molecule has 2 amide bonds. The molecule has 2 saturated heterocycles. The van der Waals surface area contributed by atoms with E-state index < -0.39 is 9.84 Å². The first kappa shape index (κ1) is 16.4. The van der Waals surface area contributed by atoms with Gasteiger partial charge in [0.15, 0.2) is 9.84 Å². The van der Waals surface area contributed by atoms with Crippen LogP contribution in [0.2, 0.25) is 0 Å². The Labute approximate surface area is 139 Å². The average Bonchev–Trinajstić information content (AvgIpc) is 3.01. The van der Waals surface area contributed by atoms with Crippen molar-refractivity contribution in [1.82, 2.24) is 9.80 Å². The topological polar surface area (TPSA) is 86.8 Å². The zero-order valence-corrected chi connectivity index (χ0v) is 14.6. The van der Waals surface area contributed by atoms with Crippen molar-refractivity contribution in [2.45, 2.75) is 19.0 Å². The lowest BCUT2D eigenvalue weighted by atomic mass is 10.1. The van der Waals surface area contributed by atoms with Gasteiger partial charge >= 0.3 is 0 Å². The van der Waals surface area contributed by atoms with Crippen molar-refractivity contribution < 1.29 is 18.0 Å². The van der Waals surface area contributed by atoms with E-state index in [1.54, 1.807) is 16.3 Å². The number of nitrogens with one attached hydrogen (secondary N) is 1. The maximum atomic E-state index is 12.9. The Morgan fingerprint density at radius 1 is 1.26 bits per heavy atom. The van der Waals surface area contributed by atoms with E-state index in [2.05, 4.69) is 5.32 Å². The summed E-state index contributed by atoms with van der Waals surface area (Å²) in [5, 5.41) is 4.40. The number of amides is 2. The number of hydrogen-bond acceptors (Lipinski definition) is 6. The summed E-state index contributed by atoms with van der Waals surface area (Å²) in [6.45, 7) is 2.52. The van der Waals surface area contributed by atoms with Gasteiger partial charge in [-0.15, -0.1) is 11.3 Å². The van der Waals surface area contributed by atoms with Crippen LogP contribution in [0.5, 0.6) is 0 Å². The highest BCUT2D eigenvalue weighted by Crippen LogP contribution is 2.30. The monoisotopic (exact) mass is 357 g/mol. The molecule has 0 spiro atoms. The molecule has 126 valence electrons. The van der Waals surface area contributed by atoms with E-state index in [0.717, 1.165) is 0 Å². The van der Waals surface area contributed by atoms with Crippen molar-refractivity contribution in [3.8, 4) is 0 Å². The van der Waals surface area contributed by atoms with Gasteiger partial charge in [-0.25, -0.2) is 8.42 Å². The van der Waals surface area contributed by atoms with Gasteiger partial charge in [0.1, 0.15) is 4.88 Å². The van der Waals surface area contributed by atoms with Gasteiger partial charge in [-0.2, -0.15) is 0 Å². The van der Waals surface area contributed by atoms with Crippen molar-refractivity contribution in [2.75, 3.05) is 37.0 Å². The van der Waals surface area contributed by atoms with Crippen LogP contribution in [0.3, 0.4) is 0 Å². The van der Waals surface area contributed by atoms with Crippen LogP contribution in [0.4, 0.5) is 5.69 Å². The Hall–Kier alpha value is -1.45. The minimum absolute atomic E-state index is 0.00852. The number of fused-ring (bicyclic) bond motifs is 1. The molecule has 0 radical (unpaired) electrons. The van der Waals surface area contributed by atoms with Crippen LogP contribution in [0, 0.1) is 0 Å². The number of nitrogens with zero attached hydrogens (tertiary/aromatic N) is 2. The summed E-state index contributed by atoms with van der Waals surface area (Å²) in [5.74, 6) is -0.337. The summed E-state index contributed by atoms with van der Waals surface area (Å²) in [5.41, 5.74) is 0.490. The van der Waals surface area contributed by atoms with Gasteiger partial charge in [0.05, 0.1) is 23.2 Å². The third-order valence-corrected chi connectivity index (χ3v) is 6.99. The molecular weight excluding hydrogens is 338 g/mol. The van der Waals surface area contributed by atoms with Crippen LogP contribution in [-0.2, 0) is 14.6 Å². The number of rotatable bonds is 2. The molecule has 2 aliphatic rings. The number of carbonyl (C=O) groups is 2. The van der Waals surface area contributed by atoms with Crippen molar-refractivity contribution in [2.24, 2.45) is 0 Å². The predicted molar refractivity (Wildman–Crippen MR) is 88.5 cm³/mol. The number of piperazine rings is 1. The quantitative estimate of drug-likeness (QED) is 0.820. The van der Waals surface area contributed by atoms with Crippen LogP contribution in [0.15, 0.2) is 11.4 Å². The predicted octanol–water partition coefficient (Wildman–Crippen LogP) is 0.260. The summed E-state index contributed by atoms with van der Waals surface area (Å²) >= 11 is 1.26. The number of sulfone groups is 1. The Kier molecular flexibility index (Phi) is 4.19. The second-order valence-electron chi connectivity index (χ2n) is 6.04. The zero-order chi connectivity index (χ0) is 16.8.